The van der Waals surface area contributed by atoms with E-state index < -0.39 is 10.0 Å². The number of nitrogens with one attached hydrogen (secondary N) is 1. The summed E-state index contributed by atoms with van der Waals surface area (Å²) in [4.78, 5) is 7.98. The summed E-state index contributed by atoms with van der Waals surface area (Å²) in [5, 5.41) is 0. The van der Waals surface area contributed by atoms with Crippen LogP contribution in [0.2, 0.25) is 0 Å². The minimum atomic E-state index is -3.51. The number of hydrogen-bond donors (Lipinski definition) is 1. The Morgan fingerprint density at radius 3 is 2.43 bits per heavy atom. The SMILES string of the molecule is CCOc1ccc(S(=O)(=O)NCCc2cncnc2)cc1. The fourth-order valence-corrected chi connectivity index (χ4v) is 2.79. The maximum absolute atomic E-state index is 12.1. The van der Waals surface area contributed by atoms with Gasteiger partial charge in [-0.05, 0) is 43.2 Å². The van der Waals surface area contributed by atoms with Gasteiger partial charge in [-0.3, -0.25) is 0 Å². The van der Waals surface area contributed by atoms with Crippen molar-refractivity contribution in [3.05, 3.63) is 48.5 Å². The Bertz CT molecular complexity index is 658. The zero-order valence-electron chi connectivity index (χ0n) is 11.7. The van der Waals surface area contributed by atoms with Crippen molar-refractivity contribution in [1.82, 2.24) is 14.7 Å². The molecule has 0 amide bonds. The summed E-state index contributed by atoms with van der Waals surface area (Å²) in [6.07, 6.45) is 5.31. The van der Waals surface area contributed by atoms with E-state index in [-0.39, 0.29) is 4.90 Å². The standard InChI is InChI=1S/C14H17N3O3S/c1-2-20-13-3-5-14(6-4-13)21(18,19)17-8-7-12-9-15-11-16-10-12/h3-6,9-11,17H,2,7-8H2,1H3. The van der Waals surface area contributed by atoms with Crippen molar-refractivity contribution < 1.29 is 13.2 Å². The smallest absolute Gasteiger partial charge is 0.240 e. The van der Waals surface area contributed by atoms with Gasteiger partial charge in [-0.2, -0.15) is 0 Å². The van der Waals surface area contributed by atoms with Crippen LogP contribution in [0.4, 0.5) is 0 Å². The van der Waals surface area contributed by atoms with Gasteiger partial charge in [0.05, 0.1) is 11.5 Å². The van der Waals surface area contributed by atoms with Gasteiger partial charge in [0.25, 0.3) is 0 Å². The summed E-state index contributed by atoms with van der Waals surface area (Å²) < 4.78 is 32.1. The van der Waals surface area contributed by atoms with E-state index in [4.69, 9.17) is 4.74 Å². The van der Waals surface area contributed by atoms with Crippen LogP contribution in [-0.4, -0.2) is 31.5 Å². The number of nitrogens with zero attached hydrogens (tertiary/aromatic N) is 2. The van der Waals surface area contributed by atoms with Crippen molar-refractivity contribution in [3.8, 4) is 5.75 Å². The van der Waals surface area contributed by atoms with Gasteiger partial charge < -0.3 is 4.74 Å². The number of sulfonamides is 1. The molecule has 0 saturated heterocycles. The predicted octanol–water partition coefficient (Wildman–Crippen LogP) is 1.40. The number of rotatable bonds is 7. The third kappa shape index (κ3) is 4.51. The van der Waals surface area contributed by atoms with E-state index in [2.05, 4.69) is 14.7 Å². The summed E-state index contributed by atoms with van der Waals surface area (Å²) in [5.74, 6) is 0.651. The van der Waals surface area contributed by atoms with Gasteiger partial charge in [0, 0.05) is 18.9 Å². The first-order chi connectivity index (χ1) is 10.1. The molecular formula is C14H17N3O3S. The number of aromatic nitrogens is 2. The molecule has 1 N–H and O–H groups in total. The lowest BCUT2D eigenvalue weighted by atomic mass is 10.2. The van der Waals surface area contributed by atoms with E-state index in [9.17, 15) is 8.42 Å². The third-order valence-electron chi connectivity index (χ3n) is 2.76. The van der Waals surface area contributed by atoms with Crippen molar-refractivity contribution in [2.45, 2.75) is 18.2 Å². The highest BCUT2D eigenvalue weighted by atomic mass is 32.2. The van der Waals surface area contributed by atoms with E-state index in [1.54, 1.807) is 24.5 Å². The quantitative estimate of drug-likeness (QED) is 0.836. The molecule has 1 heterocycles. The van der Waals surface area contributed by atoms with Crippen LogP contribution in [0.5, 0.6) is 5.75 Å². The molecule has 0 atom stereocenters. The van der Waals surface area contributed by atoms with Gasteiger partial charge in [-0.1, -0.05) is 0 Å². The van der Waals surface area contributed by atoms with E-state index in [1.807, 2.05) is 6.92 Å². The topological polar surface area (TPSA) is 81.2 Å². The lowest BCUT2D eigenvalue weighted by Crippen LogP contribution is -2.26. The van der Waals surface area contributed by atoms with Crippen molar-refractivity contribution in [3.63, 3.8) is 0 Å². The molecule has 0 aliphatic heterocycles. The fourth-order valence-electron chi connectivity index (χ4n) is 1.75. The van der Waals surface area contributed by atoms with Crippen LogP contribution in [0, 0.1) is 0 Å². The van der Waals surface area contributed by atoms with E-state index in [0.29, 0.717) is 25.3 Å². The van der Waals surface area contributed by atoms with Gasteiger partial charge in [-0.15, -0.1) is 0 Å². The Labute approximate surface area is 124 Å². The highest BCUT2D eigenvalue weighted by Crippen LogP contribution is 2.15. The molecule has 6 nitrogen and oxygen atoms in total. The van der Waals surface area contributed by atoms with Crippen LogP contribution in [0.3, 0.4) is 0 Å². The molecule has 2 rings (SSSR count). The van der Waals surface area contributed by atoms with Gasteiger partial charge >= 0.3 is 0 Å². The molecule has 2 aromatic rings. The van der Waals surface area contributed by atoms with Crippen LogP contribution in [0.25, 0.3) is 0 Å². The summed E-state index contributed by atoms with van der Waals surface area (Å²) in [6, 6.07) is 6.34. The number of hydrogen-bond acceptors (Lipinski definition) is 5. The average Bonchev–Trinajstić information content (AvgIpc) is 2.49. The van der Waals surface area contributed by atoms with Crippen LogP contribution in [-0.2, 0) is 16.4 Å². The molecule has 0 saturated carbocycles. The highest BCUT2D eigenvalue weighted by Gasteiger charge is 2.13. The molecule has 21 heavy (non-hydrogen) atoms. The molecule has 1 aromatic heterocycles. The second kappa shape index (κ2) is 7.14. The van der Waals surface area contributed by atoms with Crippen molar-refractivity contribution >= 4 is 10.0 Å². The van der Waals surface area contributed by atoms with Crippen LogP contribution in [0.1, 0.15) is 12.5 Å². The molecule has 0 spiro atoms. The first kappa shape index (κ1) is 15.4. The summed E-state index contributed by atoms with van der Waals surface area (Å²) in [6.45, 7) is 2.71. The number of ether oxygens (including phenoxy) is 1. The van der Waals surface area contributed by atoms with E-state index in [0.717, 1.165) is 5.56 Å². The van der Waals surface area contributed by atoms with Gasteiger partial charge in [0.15, 0.2) is 0 Å². The molecular weight excluding hydrogens is 290 g/mol. The molecule has 0 fully saturated rings. The first-order valence-electron chi connectivity index (χ1n) is 6.58. The Balaban J connectivity index is 1.95. The van der Waals surface area contributed by atoms with Crippen molar-refractivity contribution in [2.24, 2.45) is 0 Å². The van der Waals surface area contributed by atoms with Crippen molar-refractivity contribution in [1.29, 1.82) is 0 Å². The fraction of sp³-hybridized carbons (Fsp3) is 0.286. The summed E-state index contributed by atoms with van der Waals surface area (Å²) >= 11 is 0. The van der Waals surface area contributed by atoms with Crippen LogP contribution >= 0.6 is 0 Å². The zero-order chi connectivity index (χ0) is 15.1. The molecule has 0 radical (unpaired) electrons. The Morgan fingerprint density at radius 2 is 1.81 bits per heavy atom. The minimum Gasteiger partial charge on any atom is -0.494 e. The number of benzene rings is 1. The summed E-state index contributed by atoms with van der Waals surface area (Å²) in [7, 11) is -3.51. The normalized spacial score (nSPS) is 11.3. The second-order valence-electron chi connectivity index (χ2n) is 4.30. The Morgan fingerprint density at radius 1 is 1.14 bits per heavy atom. The molecule has 7 heteroatoms. The minimum absolute atomic E-state index is 0.218. The van der Waals surface area contributed by atoms with Gasteiger partial charge in [0.2, 0.25) is 10.0 Å². The molecule has 0 bridgehead atoms. The zero-order valence-corrected chi connectivity index (χ0v) is 12.5. The first-order valence-corrected chi connectivity index (χ1v) is 8.06. The largest absolute Gasteiger partial charge is 0.494 e. The lowest BCUT2D eigenvalue weighted by molar-refractivity contribution is 0.340. The van der Waals surface area contributed by atoms with Crippen LogP contribution < -0.4 is 9.46 Å². The predicted molar refractivity (Wildman–Crippen MR) is 78.5 cm³/mol. The van der Waals surface area contributed by atoms with E-state index in [1.165, 1.54) is 18.5 Å². The molecule has 1 aromatic carbocycles. The molecule has 0 unspecified atom stereocenters. The molecule has 0 aliphatic rings. The van der Waals surface area contributed by atoms with Gasteiger partial charge in [-0.25, -0.2) is 23.1 Å². The average molecular weight is 307 g/mol. The maximum Gasteiger partial charge on any atom is 0.240 e. The van der Waals surface area contributed by atoms with Crippen LogP contribution in [0.15, 0.2) is 47.9 Å². The molecule has 0 aliphatic carbocycles. The van der Waals surface area contributed by atoms with Crippen molar-refractivity contribution in [2.75, 3.05) is 13.2 Å². The lowest BCUT2D eigenvalue weighted by Gasteiger charge is -2.08. The highest BCUT2D eigenvalue weighted by molar-refractivity contribution is 7.89. The van der Waals surface area contributed by atoms with E-state index >= 15 is 0 Å². The molecule has 112 valence electrons. The summed E-state index contributed by atoms with van der Waals surface area (Å²) in [5.41, 5.74) is 0.881. The third-order valence-corrected chi connectivity index (χ3v) is 4.24. The second-order valence-corrected chi connectivity index (χ2v) is 6.07. The Kier molecular flexibility index (Phi) is 5.24. The maximum atomic E-state index is 12.1. The Hall–Kier alpha value is -1.99. The van der Waals surface area contributed by atoms with Gasteiger partial charge in [0.1, 0.15) is 12.1 Å². The monoisotopic (exact) mass is 307 g/mol.